The van der Waals surface area contributed by atoms with Crippen molar-refractivity contribution in [2.75, 3.05) is 7.05 Å². The van der Waals surface area contributed by atoms with Crippen molar-refractivity contribution >= 4 is 5.69 Å². The Labute approximate surface area is 209 Å². The molecular formula is C28H38N6O. The number of hydrogen-bond donors (Lipinski definition) is 2. The summed E-state index contributed by atoms with van der Waals surface area (Å²) in [4.78, 5) is 4.78. The van der Waals surface area contributed by atoms with E-state index < -0.39 is 0 Å². The average Bonchev–Trinajstić information content (AvgIpc) is 2.80. The molecule has 0 atom stereocenters. The first-order valence-electron chi connectivity index (χ1n) is 12.3. The van der Waals surface area contributed by atoms with Gasteiger partial charge in [0.2, 0.25) is 0 Å². The summed E-state index contributed by atoms with van der Waals surface area (Å²) < 4.78 is 0. The zero-order chi connectivity index (χ0) is 25.6. The Morgan fingerprint density at radius 3 is 2.26 bits per heavy atom. The second-order valence-corrected chi connectivity index (χ2v) is 10.2. The average molecular weight is 475 g/mol. The highest BCUT2D eigenvalue weighted by Gasteiger charge is 2.37. The minimum atomic E-state index is 0.0800. The molecule has 186 valence electrons. The van der Waals surface area contributed by atoms with Crippen molar-refractivity contribution < 1.29 is 5.11 Å². The Hall–Kier alpha value is -3.19. The number of nitrogens with one attached hydrogen (secondary N) is 1. The molecule has 0 aliphatic carbocycles. The first kappa shape index (κ1) is 26.4. The van der Waals surface area contributed by atoms with Gasteiger partial charge in [0.15, 0.2) is 0 Å². The van der Waals surface area contributed by atoms with Crippen molar-refractivity contribution in [3.05, 3.63) is 54.6 Å². The topological polar surface area (TPSA) is 95.7 Å². The zero-order valence-electron chi connectivity index (χ0n) is 22.0. The van der Waals surface area contributed by atoms with Gasteiger partial charge in [-0.2, -0.15) is 20.4 Å². The molecule has 1 aromatic carbocycles. The van der Waals surface area contributed by atoms with Crippen molar-refractivity contribution in [1.29, 1.82) is 0 Å². The van der Waals surface area contributed by atoms with Crippen molar-refractivity contribution in [2.45, 2.75) is 71.9 Å². The lowest BCUT2D eigenvalue weighted by Gasteiger charge is -2.46. The van der Waals surface area contributed by atoms with Crippen molar-refractivity contribution in [3.8, 4) is 28.0 Å². The van der Waals surface area contributed by atoms with E-state index in [9.17, 15) is 5.11 Å². The Morgan fingerprint density at radius 2 is 1.66 bits per heavy atom. The molecule has 0 saturated carbocycles. The summed E-state index contributed by atoms with van der Waals surface area (Å²) in [6.07, 6.45) is 8.14. The number of piperidine rings is 1. The molecule has 35 heavy (non-hydrogen) atoms. The van der Waals surface area contributed by atoms with Gasteiger partial charge in [-0.1, -0.05) is 19.9 Å². The van der Waals surface area contributed by atoms with E-state index in [4.69, 9.17) is 4.98 Å². The van der Waals surface area contributed by atoms with Gasteiger partial charge in [0.05, 0.1) is 18.1 Å². The van der Waals surface area contributed by atoms with Gasteiger partial charge < -0.3 is 10.4 Å². The lowest BCUT2D eigenvalue weighted by molar-refractivity contribution is 0.128. The molecule has 0 bridgehead atoms. The van der Waals surface area contributed by atoms with E-state index in [0.29, 0.717) is 11.5 Å². The van der Waals surface area contributed by atoms with E-state index in [1.807, 2.05) is 44.3 Å². The monoisotopic (exact) mass is 474 g/mol. The summed E-state index contributed by atoms with van der Waals surface area (Å²) in [6.45, 7) is 13.0. The van der Waals surface area contributed by atoms with Gasteiger partial charge in [0.25, 0.3) is 0 Å². The molecule has 1 saturated heterocycles. The van der Waals surface area contributed by atoms with Crippen LogP contribution >= 0.6 is 0 Å². The normalized spacial score (nSPS) is 17.1. The largest absolute Gasteiger partial charge is 0.507 e. The van der Waals surface area contributed by atoms with E-state index in [0.717, 1.165) is 47.3 Å². The molecular weight excluding hydrogens is 436 g/mol. The number of phenols is 1. The summed E-state index contributed by atoms with van der Waals surface area (Å²) in [5.74, 6) is 0.683. The van der Waals surface area contributed by atoms with E-state index in [2.05, 4.69) is 53.4 Å². The first-order chi connectivity index (χ1) is 16.7. The van der Waals surface area contributed by atoms with Crippen LogP contribution in [0.5, 0.6) is 5.75 Å². The fraction of sp³-hybridized carbons (Fsp3) is 0.464. The highest BCUT2D eigenvalue weighted by atomic mass is 16.3. The van der Waals surface area contributed by atoms with E-state index in [-0.39, 0.29) is 16.8 Å². The lowest BCUT2D eigenvalue weighted by Crippen LogP contribution is -2.58. The van der Waals surface area contributed by atoms with Crippen molar-refractivity contribution in [1.82, 2.24) is 20.5 Å². The summed E-state index contributed by atoms with van der Waals surface area (Å²) in [5, 5.41) is 30.6. The number of phenolic OH excluding ortho intramolecular Hbond substituents is 1. The van der Waals surface area contributed by atoms with Crippen LogP contribution in [-0.2, 0) is 6.42 Å². The van der Waals surface area contributed by atoms with Gasteiger partial charge in [-0.3, -0.25) is 4.98 Å². The van der Waals surface area contributed by atoms with Crippen molar-refractivity contribution in [2.24, 2.45) is 16.1 Å². The summed E-state index contributed by atoms with van der Waals surface area (Å²) in [6, 6.07) is 9.42. The summed E-state index contributed by atoms with van der Waals surface area (Å²) in [5.41, 5.74) is 5.15. The standard InChI is InChI=1S/C26H32N6O.C2H6/c1-25(2)13-17(14-26(3,4)32-25)10-22-23(31-27-5)11-20(15-28-22)21-7-6-18(12-24(21)33)19-8-9-29-30-16-19;1-2/h6-9,11-12,15-17,32-33H,10,13-14H2,1-5H3;1-2H3. The molecule has 1 aliphatic heterocycles. The number of nitrogens with zero attached hydrogens (tertiary/aromatic N) is 5. The number of benzene rings is 1. The Bertz CT molecular complexity index is 1140. The number of aromatic nitrogens is 3. The van der Waals surface area contributed by atoms with Crippen molar-refractivity contribution in [3.63, 3.8) is 0 Å². The van der Waals surface area contributed by atoms with E-state index >= 15 is 0 Å². The van der Waals surface area contributed by atoms with Gasteiger partial charge in [0.1, 0.15) is 11.4 Å². The number of azo groups is 1. The number of rotatable bonds is 5. The molecule has 0 spiro atoms. The van der Waals surface area contributed by atoms with Crippen LogP contribution in [0.4, 0.5) is 5.69 Å². The lowest BCUT2D eigenvalue weighted by atomic mass is 9.74. The smallest absolute Gasteiger partial charge is 0.124 e. The maximum atomic E-state index is 10.7. The molecule has 1 aliphatic rings. The predicted molar refractivity (Wildman–Crippen MR) is 142 cm³/mol. The zero-order valence-corrected chi connectivity index (χ0v) is 22.0. The molecule has 3 heterocycles. The highest BCUT2D eigenvalue weighted by molar-refractivity contribution is 5.76. The predicted octanol–water partition coefficient (Wildman–Crippen LogP) is 6.75. The fourth-order valence-corrected chi connectivity index (χ4v) is 5.35. The van der Waals surface area contributed by atoms with Crippen LogP contribution < -0.4 is 5.32 Å². The number of aromatic hydroxyl groups is 1. The van der Waals surface area contributed by atoms with Gasteiger partial charge in [0, 0.05) is 41.0 Å². The van der Waals surface area contributed by atoms with Crippen LogP contribution in [0.15, 0.2) is 59.2 Å². The molecule has 7 nitrogen and oxygen atoms in total. The van der Waals surface area contributed by atoms with Crippen LogP contribution in [-0.4, -0.2) is 38.4 Å². The van der Waals surface area contributed by atoms with Crippen LogP contribution in [0.1, 0.15) is 60.1 Å². The third-order valence-electron chi connectivity index (χ3n) is 6.14. The Morgan fingerprint density at radius 1 is 0.943 bits per heavy atom. The van der Waals surface area contributed by atoms with Gasteiger partial charge >= 0.3 is 0 Å². The maximum absolute atomic E-state index is 10.7. The van der Waals surface area contributed by atoms with Gasteiger partial charge in [-0.25, -0.2) is 0 Å². The molecule has 4 rings (SSSR count). The Kier molecular flexibility index (Phi) is 8.33. The van der Waals surface area contributed by atoms with Gasteiger partial charge in [-0.05, 0) is 82.7 Å². The Balaban J connectivity index is 0.00000167. The van der Waals surface area contributed by atoms with Gasteiger partial charge in [-0.15, -0.1) is 0 Å². The highest BCUT2D eigenvalue weighted by Crippen LogP contribution is 2.38. The third kappa shape index (κ3) is 6.69. The summed E-state index contributed by atoms with van der Waals surface area (Å²) in [7, 11) is 1.67. The molecule has 0 unspecified atom stereocenters. The van der Waals surface area contributed by atoms with Crippen LogP contribution in [0, 0.1) is 5.92 Å². The molecule has 2 N–H and O–H groups in total. The SMILES string of the molecule is CC.CN=Nc1cc(-c2ccc(-c3ccnnc3)cc2O)cnc1CC1CC(C)(C)NC(C)(C)C1. The minimum Gasteiger partial charge on any atom is -0.507 e. The number of pyridine rings is 1. The molecule has 1 fully saturated rings. The quantitative estimate of drug-likeness (QED) is 0.399. The maximum Gasteiger partial charge on any atom is 0.124 e. The molecule has 7 heteroatoms. The second kappa shape index (κ2) is 11.0. The molecule has 0 radical (unpaired) electrons. The van der Waals surface area contributed by atoms with Crippen LogP contribution in [0.25, 0.3) is 22.3 Å². The van der Waals surface area contributed by atoms with E-state index in [1.165, 1.54) is 0 Å². The van der Waals surface area contributed by atoms with Crippen LogP contribution in [0.3, 0.4) is 0 Å². The molecule has 0 amide bonds. The fourth-order valence-electron chi connectivity index (χ4n) is 5.35. The molecule has 2 aromatic heterocycles. The van der Waals surface area contributed by atoms with E-state index in [1.54, 1.807) is 25.5 Å². The third-order valence-corrected chi connectivity index (χ3v) is 6.14. The number of hydrogen-bond acceptors (Lipinski definition) is 7. The first-order valence-corrected chi connectivity index (χ1v) is 12.3. The summed E-state index contributed by atoms with van der Waals surface area (Å²) >= 11 is 0. The minimum absolute atomic E-state index is 0.0800. The van der Waals surface area contributed by atoms with Crippen LogP contribution in [0.2, 0.25) is 0 Å². The molecule has 3 aromatic rings. The second-order valence-electron chi connectivity index (χ2n) is 10.2.